The number of rotatable bonds is 6. The van der Waals surface area contributed by atoms with Gasteiger partial charge in [-0.1, -0.05) is 12.1 Å². The van der Waals surface area contributed by atoms with Crippen LogP contribution in [0, 0.1) is 11.6 Å². The molecule has 30 heavy (non-hydrogen) atoms. The Labute approximate surface area is 173 Å². The van der Waals surface area contributed by atoms with Crippen LogP contribution in [-0.4, -0.2) is 56.7 Å². The van der Waals surface area contributed by atoms with E-state index in [1.807, 2.05) is 24.3 Å². The maximum absolute atomic E-state index is 13.7. The first-order chi connectivity index (χ1) is 14.5. The predicted molar refractivity (Wildman–Crippen MR) is 106 cm³/mol. The lowest BCUT2D eigenvalue weighted by atomic mass is 10.0. The first-order valence-electron chi connectivity index (χ1n) is 9.48. The molecule has 0 aliphatic carbocycles. The first-order valence-corrected chi connectivity index (χ1v) is 9.48. The number of nitrogens with zero attached hydrogens (tertiary/aromatic N) is 1. The lowest BCUT2D eigenvalue weighted by molar-refractivity contribution is -0.136. The molecule has 3 rings (SSSR count). The van der Waals surface area contributed by atoms with Crippen molar-refractivity contribution in [3.05, 3.63) is 59.7 Å². The number of benzene rings is 2. The molecule has 1 atom stereocenters. The standard InChI is InChI=1S/C21H23F2N3O4/c1-29-16-5-2-14(3-6-16)19(26-8-10-30-11-9-26)13-24-20(27)21(28)25-18-7-4-15(22)12-17(18)23/h2-7,12,19H,8-11,13H2,1H3,(H,24,27)(H,25,28)/t19-/m1/s1. The highest BCUT2D eigenvalue weighted by atomic mass is 19.1. The third kappa shape index (κ3) is 5.52. The fraction of sp³-hybridized carbons (Fsp3) is 0.333. The Morgan fingerprint density at radius 3 is 2.43 bits per heavy atom. The number of methoxy groups -OCH3 is 1. The summed E-state index contributed by atoms with van der Waals surface area (Å²) in [7, 11) is 1.58. The summed E-state index contributed by atoms with van der Waals surface area (Å²) < 4.78 is 37.3. The fourth-order valence-corrected chi connectivity index (χ4v) is 3.21. The molecule has 0 aromatic heterocycles. The third-order valence-corrected chi connectivity index (χ3v) is 4.83. The molecule has 2 aromatic rings. The van der Waals surface area contributed by atoms with E-state index in [4.69, 9.17) is 9.47 Å². The van der Waals surface area contributed by atoms with Crippen molar-refractivity contribution in [2.24, 2.45) is 0 Å². The van der Waals surface area contributed by atoms with Crippen molar-refractivity contribution in [3.63, 3.8) is 0 Å². The molecule has 0 saturated carbocycles. The number of anilines is 1. The van der Waals surface area contributed by atoms with Crippen LogP contribution in [0.3, 0.4) is 0 Å². The van der Waals surface area contributed by atoms with Gasteiger partial charge in [-0.15, -0.1) is 0 Å². The number of amides is 2. The highest BCUT2D eigenvalue weighted by Crippen LogP contribution is 2.23. The Kier molecular flexibility index (Phi) is 7.31. The van der Waals surface area contributed by atoms with Crippen LogP contribution >= 0.6 is 0 Å². The minimum atomic E-state index is -1.03. The van der Waals surface area contributed by atoms with Gasteiger partial charge in [-0.3, -0.25) is 14.5 Å². The van der Waals surface area contributed by atoms with Crippen molar-refractivity contribution in [2.45, 2.75) is 6.04 Å². The van der Waals surface area contributed by atoms with E-state index in [2.05, 4.69) is 15.5 Å². The van der Waals surface area contributed by atoms with Crippen LogP contribution < -0.4 is 15.4 Å². The van der Waals surface area contributed by atoms with Gasteiger partial charge in [0.25, 0.3) is 0 Å². The van der Waals surface area contributed by atoms with Crippen molar-refractivity contribution in [3.8, 4) is 5.75 Å². The van der Waals surface area contributed by atoms with Gasteiger partial charge in [0.05, 0.1) is 32.1 Å². The molecule has 2 N–H and O–H groups in total. The van der Waals surface area contributed by atoms with Crippen LogP contribution in [0.2, 0.25) is 0 Å². The van der Waals surface area contributed by atoms with E-state index >= 15 is 0 Å². The van der Waals surface area contributed by atoms with E-state index in [1.165, 1.54) is 0 Å². The van der Waals surface area contributed by atoms with Gasteiger partial charge in [0, 0.05) is 25.7 Å². The number of halogens is 2. The summed E-state index contributed by atoms with van der Waals surface area (Å²) in [6.45, 7) is 2.68. The highest BCUT2D eigenvalue weighted by molar-refractivity contribution is 6.39. The molecule has 1 saturated heterocycles. The van der Waals surface area contributed by atoms with Crippen LogP contribution in [0.25, 0.3) is 0 Å². The maximum Gasteiger partial charge on any atom is 0.313 e. The van der Waals surface area contributed by atoms with E-state index < -0.39 is 23.4 Å². The minimum absolute atomic E-state index is 0.171. The van der Waals surface area contributed by atoms with Gasteiger partial charge in [-0.05, 0) is 29.8 Å². The Balaban J connectivity index is 1.66. The Morgan fingerprint density at radius 2 is 1.80 bits per heavy atom. The number of morpholine rings is 1. The topological polar surface area (TPSA) is 79.9 Å². The van der Waals surface area contributed by atoms with Gasteiger partial charge in [-0.25, -0.2) is 8.78 Å². The molecule has 1 aliphatic heterocycles. The molecule has 0 spiro atoms. The van der Waals surface area contributed by atoms with Crippen LogP contribution in [0.15, 0.2) is 42.5 Å². The number of hydrogen-bond acceptors (Lipinski definition) is 5. The lowest BCUT2D eigenvalue weighted by Crippen LogP contribution is -2.45. The Hall–Kier alpha value is -3.04. The smallest absolute Gasteiger partial charge is 0.313 e. The molecule has 0 radical (unpaired) electrons. The second kappa shape index (κ2) is 10.1. The first kappa shape index (κ1) is 21.7. The summed E-state index contributed by atoms with van der Waals surface area (Å²) in [5.41, 5.74) is 0.680. The number of carbonyl (C=O) groups excluding carboxylic acids is 2. The summed E-state index contributed by atoms with van der Waals surface area (Å²) in [5, 5.41) is 4.75. The molecule has 9 heteroatoms. The Bertz CT molecular complexity index is 886. The van der Waals surface area contributed by atoms with Gasteiger partial charge in [0.15, 0.2) is 0 Å². The second-order valence-corrected chi connectivity index (χ2v) is 6.73. The average molecular weight is 419 g/mol. The average Bonchev–Trinajstić information content (AvgIpc) is 2.76. The number of ether oxygens (including phenoxy) is 2. The fourth-order valence-electron chi connectivity index (χ4n) is 3.21. The van der Waals surface area contributed by atoms with Gasteiger partial charge in [0.2, 0.25) is 0 Å². The number of nitrogens with one attached hydrogen (secondary N) is 2. The normalized spacial score (nSPS) is 15.3. The quantitative estimate of drug-likeness (QED) is 0.701. The molecular formula is C21H23F2N3O4. The van der Waals surface area contributed by atoms with E-state index in [0.29, 0.717) is 38.1 Å². The zero-order valence-electron chi connectivity index (χ0n) is 16.5. The van der Waals surface area contributed by atoms with Gasteiger partial charge < -0.3 is 20.1 Å². The number of hydrogen-bond donors (Lipinski definition) is 2. The minimum Gasteiger partial charge on any atom is -0.497 e. The summed E-state index contributed by atoms with van der Waals surface area (Å²) in [5.74, 6) is -2.96. The highest BCUT2D eigenvalue weighted by Gasteiger charge is 2.25. The van der Waals surface area contributed by atoms with Gasteiger partial charge in [0.1, 0.15) is 17.4 Å². The van der Waals surface area contributed by atoms with Crippen molar-refractivity contribution >= 4 is 17.5 Å². The van der Waals surface area contributed by atoms with Crippen LogP contribution in [0.5, 0.6) is 5.75 Å². The second-order valence-electron chi connectivity index (χ2n) is 6.73. The molecule has 2 aromatic carbocycles. The largest absolute Gasteiger partial charge is 0.497 e. The third-order valence-electron chi connectivity index (χ3n) is 4.83. The molecule has 0 bridgehead atoms. The van der Waals surface area contributed by atoms with Crippen LogP contribution in [0.4, 0.5) is 14.5 Å². The van der Waals surface area contributed by atoms with Crippen molar-refractivity contribution in [1.82, 2.24) is 10.2 Å². The SMILES string of the molecule is COc1ccc([C@@H](CNC(=O)C(=O)Nc2ccc(F)cc2F)N2CCOCC2)cc1. The zero-order valence-corrected chi connectivity index (χ0v) is 16.5. The molecule has 0 unspecified atom stereocenters. The van der Waals surface area contributed by atoms with Crippen LogP contribution in [-0.2, 0) is 14.3 Å². The maximum atomic E-state index is 13.7. The van der Waals surface area contributed by atoms with E-state index in [1.54, 1.807) is 7.11 Å². The molecule has 1 fully saturated rings. The zero-order chi connectivity index (χ0) is 21.5. The predicted octanol–water partition coefficient (Wildman–Crippen LogP) is 2.10. The van der Waals surface area contributed by atoms with Gasteiger partial charge in [-0.2, -0.15) is 0 Å². The summed E-state index contributed by atoms with van der Waals surface area (Å²) in [6.07, 6.45) is 0. The van der Waals surface area contributed by atoms with E-state index in [0.717, 1.165) is 17.7 Å². The summed E-state index contributed by atoms with van der Waals surface area (Å²) in [4.78, 5) is 26.5. The lowest BCUT2D eigenvalue weighted by Gasteiger charge is -2.34. The number of carbonyl (C=O) groups is 2. The van der Waals surface area contributed by atoms with Crippen molar-refractivity contribution in [2.75, 3.05) is 45.3 Å². The van der Waals surface area contributed by atoms with Gasteiger partial charge >= 0.3 is 11.8 Å². The van der Waals surface area contributed by atoms with Crippen LogP contribution in [0.1, 0.15) is 11.6 Å². The molecule has 1 aliphatic rings. The molecular weight excluding hydrogens is 396 g/mol. The summed E-state index contributed by atoms with van der Waals surface area (Å²) in [6, 6.07) is 9.96. The van der Waals surface area contributed by atoms with Crippen molar-refractivity contribution < 1.29 is 27.8 Å². The molecule has 2 amide bonds. The summed E-state index contributed by atoms with van der Waals surface area (Å²) >= 11 is 0. The van der Waals surface area contributed by atoms with E-state index in [-0.39, 0.29) is 18.3 Å². The molecule has 160 valence electrons. The molecule has 7 nitrogen and oxygen atoms in total. The Morgan fingerprint density at radius 1 is 1.10 bits per heavy atom. The van der Waals surface area contributed by atoms with Crippen molar-refractivity contribution in [1.29, 1.82) is 0 Å². The van der Waals surface area contributed by atoms with E-state index in [9.17, 15) is 18.4 Å². The monoisotopic (exact) mass is 419 g/mol. The molecule has 1 heterocycles.